The van der Waals surface area contributed by atoms with Gasteiger partial charge in [-0.15, -0.1) is 0 Å². The van der Waals surface area contributed by atoms with Crippen molar-refractivity contribution in [1.29, 1.82) is 0 Å². The van der Waals surface area contributed by atoms with Gasteiger partial charge in [0.1, 0.15) is 6.33 Å². The summed E-state index contributed by atoms with van der Waals surface area (Å²) in [5.41, 5.74) is 0.681. The molecule has 2 heterocycles. The second-order valence-electron chi connectivity index (χ2n) is 4.18. The van der Waals surface area contributed by atoms with Gasteiger partial charge in [-0.3, -0.25) is 0 Å². The maximum atomic E-state index is 9.98. The van der Waals surface area contributed by atoms with Gasteiger partial charge in [-0.1, -0.05) is 0 Å². The van der Waals surface area contributed by atoms with Crippen molar-refractivity contribution in [2.75, 3.05) is 0 Å². The van der Waals surface area contributed by atoms with Gasteiger partial charge in [-0.05, 0) is 19.9 Å². The van der Waals surface area contributed by atoms with Crippen LogP contribution in [0, 0.1) is 0 Å². The van der Waals surface area contributed by atoms with Gasteiger partial charge in [0, 0.05) is 18.0 Å². The zero-order valence-corrected chi connectivity index (χ0v) is 9.70. The molecule has 0 atom stereocenters. The van der Waals surface area contributed by atoms with E-state index >= 15 is 0 Å². The molecule has 0 aliphatic heterocycles. The van der Waals surface area contributed by atoms with Crippen LogP contribution in [0.2, 0.25) is 0 Å². The van der Waals surface area contributed by atoms with Crippen molar-refractivity contribution in [3.05, 3.63) is 30.4 Å². The van der Waals surface area contributed by atoms with E-state index in [-0.39, 0.29) is 6.61 Å². The number of aliphatic hydroxyl groups is 2. The molecule has 2 aromatic heterocycles. The van der Waals surface area contributed by atoms with E-state index in [0.29, 0.717) is 17.0 Å². The Balaban J connectivity index is 2.58. The fraction of sp³-hybridized carbons (Fsp3) is 0.364. The molecule has 0 unspecified atom stereocenters. The van der Waals surface area contributed by atoms with Crippen LogP contribution in [0.1, 0.15) is 19.4 Å². The summed E-state index contributed by atoms with van der Waals surface area (Å²) in [4.78, 5) is 7.98. The molecule has 6 nitrogen and oxygen atoms in total. The lowest BCUT2D eigenvalue weighted by Crippen LogP contribution is -2.27. The van der Waals surface area contributed by atoms with E-state index < -0.39 is 5.72 Å². The Morgan fingerprint density at radius 2 is 2.18 bits per heavy atom. The number of nitrogens with zero attached hydrogens (tertiary/aromatic N) is 4. The molecular weight excluding hydrogens is 220 g/mol. The van der Waals surface area contributed by atoms with Crippen LogP contribution in [0.5, 0.6) is 0 Å². The molecule has 0 spiro atoms. The summed E-state index contributed by atoms with van der Waals surface area (Å²) in [7, 11) is 0. The molecule has 0 saturated heterocycles. The van der Waals surface area contributed by atoms with Crippen molar-refractivity contribution in [3.8, 4) is 11.4 Å². The molecule has 2 N–H and O–H groups in total. The minimum atomic E-state index is -1.13. The van der Waals surface area contributed by atoms with Crippen LogP contribution >= 0.6 is 0 Å². The van der Waals surface area contributed by atoms with Crippen molar-refractivity contribution in [2.45, 2.75) is 26.2 Å². The molecule has 0 aliphatic carbocycles. The third kappa shape index (κ3) is 2.17. The summed E-state index contributed by atoms with van der Waals surface area (Å²) >= 11 is 0. The van der Waals surface area contributed by atoms with Crippen molar-refractivity contribution in [3.63, 3.8) is 0 Å². The number of aromatic nitrogens is 4. The summed E-state index contributed by atoms with van der Waals surface area (Å²) in [5, 5.41) is 23.3. The first-order chi connectivity index (χ1) is 8.04. The Labute approximate surface area is 98.6 Å². The maximum Gasteiger partial charge on any atom is 0.152 e. The molecule has 2 rings (SSSR count). The molecule has 2 aromatic rings. The van der Waals surface area contributed by atoms with E-state index in [1.165, 1.54) is 11.0 Å². The molecule has 0 fully saturated rings. The quantitative estimate of drug-likeness (QED) is 0.808. The highest BCUT2D eigenvalue weighted by molar-refractivity contribution is 5.58. The van der Waals surface area contributed by atoms with Crippen LogP contribution < -0.4 is 0 Å². The summed E-state index contributed by atoms with van der Waals surface area (Å²) in [6.45, 7) is 3.10. The summed E-state index contributed by atoms with van der Waals surface area (Å²) in [5.74, 6) is 0. The van der Waals surface area contributed by atoms with E-state index in [9.17, 15) is 10.2 Å². The highest BCUT2D eigenvalue weighted by atomic mass is 16.3. The Morgan fingerprint density at radius 1 is 1.41 bits per heavy atom. The van der Waals surface area contributed by atoms with Gasteiger partial charge in [-0.2, -0.15) is 5.10 Å². The van der Waals surface area contributed by atoms with Gasteiger partial charge < -0.3 is 10.2 Å². The highest BCUT2D eigenvalue weighted by Crippen LogP contribution is 2.24. The van der Waals surface area contributed by atoms with E-state index in [2.05, 4.69) is 15.1 Å². The predicted molar refractivity (Wildman–Crippen MR) is 60.7 cm³/mol. The van der Waals surface area contributed by atoms with Gasteiger partial charge in [0.05, 0.1) is 18.0 Å². The number of aliphatic hydroxyl groups excluding tert-OH is 1. The summed E-state index contributed by atoms with van der Waals surface area (Å²) < 4.78 is 1.45. The zero-order valence-electron chi connectivity index (χ0n) is 9.70. The first-order valence-corrected chi connectivity index (χ1v) is 5.21. The van der Waals surface area contributed by atoms with Gasteiger partial charge in [-0.25, -0.2) is 14.6 Å². The standard InChI is InChI=1S/C11H14N4O2/c1-11(2,17)15-9(3-4-14-15)10-8(6-16)5-12-7-13-10/h3-5,7,16-17H,6H2,1-2H3. The average molecular weight is 234 g/mol. The van der Waals surface area contributed by atoms with Crippen LogP contribution in [0.3, 0.4) is 0 Å². The van der Waals surface area contributed by atoms with Crippen LogP contribution in [0.25, 0.3) is 11.4 Å². The monoisotopic (exact) mass is 234 g/mol. The molecule has 0 radical (unpaired) electrons. The van der Waals surface area contributed by atoms with Gasteiger partial charge in [0.15, 0.2) is 5.72 Å². The SMILES string of the molecule is CC(C)(O)n1nccc1-c1ncncc1CO. The van der Waals surface area contributed by atoms with Crippen molar-refractivity contribution in [2.24, 2.45) is 0 Å². The molecule has 0 bridgehead atoms. The summed E-state index contributed by atoms with van der Waals surface area (Å²) in [6.07, 6.45) is 4.52. The normalized spacial score (nSPS) is 11.8. The molecular formula is C11H14N4O2. The minimum absolute atomic E-state index is 0.160. The lowest BCUT2D eigenvalue weighted by molar-refractivity contribution is -0.00869. The lowest BCUT2D eigenvalue weighted by Gasteiger charge is -2.21. The molecule has 17 heavy (non-hydrogen) atoms. The largest absolute Gasteiger partial charge is 0.392 e. The van der Waals surface area contributed by atoms with Crippen LogP contribution in [0.4, 0.5) is 0 Å². The summed E-state index contributed by atoms with van der Waals surface area (Å²) in [6, 6.07) is 1.74. The van der Waals surface area contributed by atoms with Crippen molar-refractivity contribution < 1.29 is 10.2 Å². The second-order valence-corrected chi connectivity index (χ2v) is 4.18. The number of rotatable bonds is 3. The number of hydrogen-bond acceptors (Lipinski definition) is 5. The molecule has 6 heteroatoms. The highest BCUT2D eigenvalue weighted by Gasteiger charge is 2.22. The maximum absolute atomic E-state index is 9.98. The fourth-order valence-corrected chi connectivity index (χ4v) is 1.62. The van der Waals surface area contributed by atoms with Crippen molar-refractivity contribution >= 4 is 0 Å². The molecule has 90 valence electrons. The Hall–Kier alpha value is -1.79. The zero-order chi connectivity index (χ0) is 12.5. The Morgan fingerprint density at radius 3 is 2.82 bits per heavy atom. The van der Waals surface area contributed by atoms with E-state index in [4.69, 9.17) is 0 Å². The first-order valence-electron chi connectivity index (χ1n) is 5.21. The Bertz CT molecular complexity index is 516. The van der Waals surface area contributed by atoms with Gasteiger partial charge in [0.25, 0.3) is 0 Å². The molecule has 0 amide bonds. The van der Waals surface area contributed by atoms with Crippen LogP contribution in [0.15, 0.2) is 24.8 Å². The lowest BCUT2D eigenvalue weighted by atomic mass is 10.1. The molecule has 0 aromatic carbocycles. The minimum Gasteiger partial charge on any atom is -0.392 e. The van der Waals surface area contributed by atoms with E-state index in [1.807, 2.05) is 0 Å². The third-order valence-corrected chi connectivity index (χ3v) is 2.36. The first kappa shape index (κ1) is 11.7. The molecule has 0 aliphatic rings. The Kier molecular flexibility index (Phi) is 2.91. The van der Waals surface area contributed by atoms with E-state index in [0.717, 1.165) is 0 Å². The predicted octanol–water partition coefficient (Wildman–Crippen LogP) is 0.517. The van der Waals surface area contributed by atoms with Crippen molar-refractivity contribution in [1.82, 2.24) is 19.7 Å². The van der Waals surface area contributed by atoms with Crippen LogP contribution in [-0.4, -0.2) is 30.0 Å². The third-order valence-electron chi connectivity index (χ3n) is 2.36. The molecule has 0 saturated carbocycles. The fourth-order valence-electron chi connectivity index (χ4n) is 1.62. The average Bonchev–Trinajstić information content (AvgIpc) is 2.77. The second kappa shape index (κ2) is 4.23. The van der Waals surface area contributed by atoms with Crippen LogP contribution in [-0.2, 0) is 12.3 Å². The van der Waals surface area contributed by atoms with E-state index in [1.54, 1.807) is 32.3 Å². The topological polar surface area (TPSA) is 84.1 Å². The van der Waals surface area contributed by atoms with Gasteiger partial charge in [0.2, 0.25) is 0 Å². The van der Waals surface area contributed by atoms with Gasteiger partial charge >= 0.3 is 0 Å². The smallest absolute Gasteiger partial charge is 0.152 e. The number of hydrogen-bond donors (Lipinski definition) is 2.